The molecule has 1 amide bonds. The van der Waals surface area contributed by atoms with E-state index in [1.165, 1.54) is 30.3 Å². The molecular weight excluding hydrogens is 380 g/mol. The standard InChI is InChI=1S/C22H29F2NO4/c23-22(24,17-9-4-3-5-10-17)19(26)15-14-18-11-8-12-20(27)25(18)16-7-2-1-6-13-21(28)29/h3-5,9-10,14-15,18-19,26H,1-2,6-8,11-13,16H2,(H,28,29)/b15-14+. The van der Waals surface area contributed by atoms with E-state index in [0.29, 0.717) is 32.2 Å². The van der Waals surface area contributed by atoms with Gasteiger partial charge in [0.2, 0.25) is 5.91 Å². The van der Waals surface area contributed by atoms with Gasteiger partial charge in [0.15, 0.2) is 0 Å². The van der Waals surface area contributed by atoms with Gasteiger partial charge in [-0.3, -0.25) is 9.59 Å². The summed E-state index contributed by atoms with van der Waals surface area (Å²) in [6, 6.07) is 6.87. The predicted molar refractivity (Wildman–Crippen MR) is 106 cm³/mol. The van der Waals surface area contributed by atoms with Gasteiger partial charge in [-0.25, -0.2) is 0 Å². The second-order valence-electron chi connectivity index (χ2n) is 7.42. The fourth-order valence-corrected chi connectivity index (χ4v) is 3.53. The molecule has 2 rings (SSSR count). The van der Waals surface area contributed by atoms with Crippen LogP contribution < -0.4 is 0 Å². The molecule has 1 aliphatic rings. The lowest BCUT2D eigenvalue weighted by Crippen LogP contribution is -2.43. The molecule has 1 fully saturated rings. The molecule has 29 heavy (non-hydrogen) atoms. The number of halogens is 2. The molecule has 5 nitrogen and oxygen atoms in total. The number of hydrogen-bond acceptors (Lipinski definition) is 3. The predicted octanol–water partition coefficient (Wildman–Crippen LogP) is 4.11. The quantitative estimate of drug-likeness (QED) is 0.426. The lowest BCUT2D eigenvalue weighted by molar-refractivity contribution is -0.137. The Morgan fingerprint density at radius 3 is 2.59 bits per heavy atom. The monoisotopic (exact) mass is 409 g/mol. The molecule has 2 unspecified atom stereocenters. The first-order valence-corrected chi connectivity index (χ1v) is 10.1. The molecule has 0 aromatic heterocycles. The van der Waals surface area contributed by atoms with Crippen LogP contribution in [-0.2, 0) is 15.5 Å². The summed E-state index contributed by atoms with van der Waals surface area (Å²) >= 11 is 0. The summed E-state index contributed by atoms with van der Waals surface area (Å²) in [5.74, 6) is -4.24. The maximum atomic E-state index is 14.4. The molecule has 2 N–H and O–H groups in total. The van der Waals surface area contributed by atoms with Crippen LogP contribution in [0.25, 0.3) is 0 Å². The van der Waals surface area contributed by atoms with E-state index in [0.717, 1.165) is 25.3 Å². The number of amides is 1. The molecule has 160 valence electrons. The van der Waals surface area contributed by atoms with E-state index >= 15 is 0 Å². The summed E-state index contributed by atoms with van der Waals surface area (Å²) in [6.45, 7) is 0.506. The van der Waals surface area contributed by atoms with Gasteiger partial charge in [0.1, 0.15) is 6.10 Å². The van der Waals surface area contributed by atoms with Crippen molar-refractivity contribution < 1.29 is 28.6 Å². The van der Waals surface area contributed by atoms with Crippen LogP contribution in [0.1, 0.15) is 56.9 Å². The third-order valence-electron chi connectivity index (χ3n) is 5.20. The van der Waals surface area contributed by atoms with E-state index in [1.807, 2.05) is 0 Å². The van der Waals surface area contributed by atoms with Crippen molar-refractivity contribution >= 4 is 11.9 Å². The number of nitrogens with zero attached hydrogens (tertiary/aromatic N) is 1. The number of aliphatic hydroxyl groups is 1. The van der Waals surface area contributed by atoms with Crippen LogP contribution in [0.15, 0.2) is 42.5 Å². The number of carboxylic acids is 1. The second-order valence-corrected chi connectivity index (χ2v) is 7.42. The van der Waals surface area contributed by atoms with Crippen LogP contribution in [-0.4, -0.2) is 45.7 Å². The lowest BCUT2D eigenvalue weighted by atomic mass is 9.98. The van der Waals surface area contributed by atoms with Crippen molar-refractivity contribution in [3.8, 4) is 0 Å². The average molecular weight is 409 g/mol. The van der Waals surface area contributed by atoms with Gasteiger partial charge in [-0.1, -0.05) is 55.3 Å². The number of aliphatic carboxylic acids is 1. The highest BCUT2D eigenvalue weighted by atomic mass is 19.3. The van der Waals surface area contributed by atoms with E-state index in [4.69, 9.17) is 5.11 Å². The Morgan fingerprint density at radius 1 is 1.21 bits per heavy atom. The van der Waals surface area contributed by atoms with Crippen molar-refractivity contribution in [2.75, 3.05) is 6.54 Å². The number of alkyl halides is 2. The summed E-state index contributed by atoms with van der Waals surface area (Å²) in [6.07, 6.45) is 5.50. The summed E-state index contributed by atoms with van der Waals surface area (Å²) in [5, 5.41) is 18.7. The van der Waals surface area contributed by atoms with Gasteiger partial charge in [-0.15, -0.1) is 0 Å². The molecular formula is C22H29F2NO4. The van der Waals surface area contributed by atoms with E-state index in [-0.39, 0.29) is 23.9 Å². The summed E-state index contributed by atoms with van der Waals surface area (Å²) in [5.41, 5.74) is -0.255. The summed E-state index contributed by atoms with van der Waals surface area (Å²) in [4.78, 5) is 24.5. The van der Waals surface area contributed by atoms with Gasteiger partial charge in [0, 0.05) is 24.9 Å². The third kappa shape index (κ3) is 6.92. The summed E-state index contributed by atoms with van der Waals surface area (Å²) < 4.78 is 28.9. The van der Waals surface area contributed by atoms with Crippen LogP contribution in [0.5, 0.6) is 0 Å². The first-order chi connectivity index (χ1) is 13.8. The fraction of sp³-hybridized carbons (Fsp3) is 0.545. The Kier molecular flexibility index (Phi) is 8.76. The maximum absolute atomic E-state index is 14.4. The first-order valence-electron chi connectivity index (χ1n) is 10.1. The number of unbranched alkanes of at least 4 members (excludes halogenated alkanes) is 3. The molecule has 0 radical (unpaired) electrons. The number of carbonyl (C=O) groups excluding carboxylic acids is 1. The van der Waals surface area contributed by atoms with E-state index < -0.39 is 18.0 Å². The minimum Gasteiger partial charge on any atom is -0.481 e. The largest absolute Gasteiger partial charge is 0.481 e. The van der Waals surface area contributed by atoms with Crippen molar-refractivity contribution in [2.45, 2.75) is 69.4 Å². The highest BCUT2D eigenvalue weighted by molar-refractivity contribution is 5.77. The number of carboxylic acid groups (broad SMARTS) is 1. The molecule has 0 saturated carbocycles. The number of likely N-dealkylation sites (tertiary alicyclic amines) is 1. The van der Waals surface area contributed by atoms with Crippen molar-refractivity contribution in [1.82, 2.24) is 4.90 Å². The molecule has 1 aromatic rings. The van der Waals surface area contributed by atoms with Crippen LogP contribution in [0.2, 0.25) is 0 Å². The van der Waals surface area contributed by atoms with Crippen molar-refractivity contribution in [1.29, 1.82) is 0 Å². The normalized spacial score (nSPS) is 18.9. The van der Waals surface area contributed by atoms with Crippen molar-refractivity contribution in [3.63, 3.8) is 0 Å². The smallest absolute Gasteiger partial charge is 0.303 e. The number of carbonyl (C=O) groups is 2. The van der Waals surface area contributed by atoms with Gasteiger partial charge in [-0.2, -0.15) is 8.78 Å². The Balaban J connectivity index is 1.92. The minimum absolute atomic E-state index is 0.0132. The molecule has 0 spiro atoms. The molecule has 0 bridgehead atoms. The Hall–Kier alpha value is -2.28. The second kappa shape index (κ2) is 11.0. The molecule has 2 atom stereocenters. The number of hydrogen-bond donors (Lipinski definition) is 2. The topological polar surface area (TPSA) is 77.8 Å². The van der Waals surface area contributed by atoms with Gasteiger partial charge in [-0.05, 0) is 25.7 Å². The molecule has 1 aliphatic heterocycles. The average Bonchev–Trinajstić information content (AvgIpc) is 2.70. The van der Waals surface area contributed by atoms with E-state index in [2.05, 4.69) is 0 Å². The molecule has 7 heteroatoms. The zero-order valence-electron chi connectivity index (χ0n) is 16.5. The molecule has 1 heterocycles. The Bertz CT molecular complexity index is 693. The number of rotatable bonds is 11. The van der Waals surface area contributed by atoms with Crippen LogP contribution in [0, 0.1) is 0 Å². The van der Waals surface area contributed by atoms with Crippen molar-refractivity contribution in [3.05, 3.63) is 48.0 Å². The van der Waals surface area contributed by atoms with Crippen LogP contribution in [0.4, 0.5) is 8.78 Å². The molecule has 1 saturated heterocycles. The summed E-state index contributed by atoms with van der Waals surface area (Å²) in [7, 11) is 0. The highest BCUT2D eigenvalue weighted by Crippen LogP contribution is 2.32. The van der Waals surface area contributed by atoms with Gasteiger partial charge >= 0.3 is 11.9 Å². The van der Waals surface area contributed by atoms with Gasteiger partial charge < -0.3 is 15.1 Å². The van der Waals surface area contributed by atoms with Gasteiger partial charge in [0.05, 0.1) is 6.04 Å². The zero-order chi connectivity index (χ0) is 21.3. The van der Waals surface area contributed by atoms with Crippen molar-refractivity contribution in [2.24, 2.45) is 0 Å². The van der Waals surface area contributed by atoms with Crippen LogP contribution in [0.3, 0.4) is 0 Å². The highest BCUT2D eigenvalue weighted by Gasteiger charge is 2.39. The number of piperidine rings is 1. The molecule has 1 aromatic carbocycles. The SMILES string of the molecule is O=C(O)CCCCCCN1C(=O)CCCC1/C=C/C(O)C(F)(F)c1ccccc1. The number of benzene rings is 1. The lowest BCUT2D eigenvalue weighted by Gasteiger charge is -2.34. The minimum atomic E-state index is -3.41. The first kappa shape index (κ1) is 23.0. The zero-order valence-corrected chi connectivity index (χ0v) is 16.5. The maximum Gasteiger partial charge on any atom is 0.303 e. The fourth-order valence-electron chi connectivity index (χ4n) is 3.53. The number of aliphatic hydroxyl groups excluding tert-OH is 1. The van der Waals surface area contributed by atoms with Gasteiger partial charge in [0.25, 0.3) is 0 Å². The van der Waals surface area contributed by atoms with E-state index in [9.17, 15) is 23.5 Å². The molecule has 0 aliphatic carbocycles. The van der Waals surface area contributed by atoms with Crippen LogP contribution >= 0.6 is 0 Å². The Morgan fingerprint density at radius 2 is 1.90 bits per heavy atom. The Labute approximate surface area is 170 Å². The third-order valence-corrected chi connectivity index (χ3v) is 5.20. The van der Waals surface area contributed by atoms with E-state index in [1.54, 1.807) is 11.0 Å².